The molecule has 2 heterocycles. The minimum Gasteiger partial charge on any atom is -0.268 e. The Morgan fingerprint density at radius 2 is 1.85 bits per heavy atom. The van der Waals surface area contributed by atoms with Crippen LogP contribution < -0.4 is 5.56 Å². The van der Waals surface area contributed by atoms with E-state index in [2.05, 4.69) is 10.1 Å². The second kappa shape index (κ2) is 7.23. The highest BCUT2D eigenvalue weighted by molar-refractivity contribution is 7.13. The summed E-state index contributed by atoms with van der Waals surface area (Å²) in [7, 11) is 0. The largest absolute Gasteiger partial charge is 0.268 e. The van der Waals surface area contributed by atoms with Gasteiger partial charge in [0, 0.05) is 33.8 Å². The SMILES string of the molecule is O=c1ccc(-c2cccc(Cl)c2)nn1Cc1cccc(-c2nccs2)c1. The zero-order valence-electron chi connectivity index (χ0n) is 13.7. The summed E-state index contributed by atoms with van der Waals surface area (Å²) >= 11 is 7.65. The molecule has 128 valence electrons. The molecule has 0 atom stereocenters. The summed E-state index contributed by atoms with van der Waals surface area (Å²) in [5.41, 5.74) is 3.48. The van der Waals surface area contributed by atoms with Crippen molar-refractivity contribution in [3.05, 3.63) is 93.2 Å². The van der Waals surface area contributed by atoms with Gasteiger partial charge >= 0.3 is 0 Å². The lowest BCUT2D eigenvalue weighted by Gasteiger charge is -2.08. The second-order valence-corrected chi connectivity index (χ2v) is 7.09. The number of aromatic nitrogens is 3. The Balaban J connectivity index is 1.67. The Bertz CT molecular complexity index is 1110. The van der Waals surface area contributed by atoms with Crippen molar-refractivity contribution in [3.63, 3.8) is 0 Å². The van der Waals surface area contributed by atoms with E-state index < -0.39 is 0 Å². The maximum absolute atomic E-state index is 12.3. The van der Waals surface area contributed by atoms with E-state index in [-0.39, 0.29) is 5.56 Å². The van der Waals surface area contributed by atoms with Crippen LogP contribution in [0, 0.1) is 0 Å². The van der Waals surface area contributed by atoms with Gasteiger partial charge in [-0.3, -0.25) is 4.79 Å². The van der Waals surface area contributed by atoms with Crippen molar-refractivity contribution in [2.24, 2.45) is 0 Å². The monoisotopic (exact) mass is 379 g/mol. The minimum absolute atomic E-state index is 0.143. The molecule has 0 aliphatic carbocycles. The van der Waals surface area contributed by atoms with Crippen molar-refractivity contribution in [1.82, 2.24) is 14.8 Å². The van der Waals surface area contributed by atoms with Crippen LogP contribution in [0.15, 0.2) is 77.0 Å². The highest BCUT2D eigenvalue weighted by Gasteiger charge is 2.07. The molecule has 2 aromatic carbocycles. The second-order valence-electron chi connectivity index (χ2n) is 5.76. The summed E-state index contributed by atoms with van der Waals surface area (Å²) in [6, 6.07) is 18.7. The van der Waals surface area contributed by atoms with Crippen LogP contribution in [0.3, 0.4) is 0 Å². The van der Waals surface area contributed by atoms with Crippen molar-refractivity contribution >= 4 is 22.9 Å². The minimum atomic E-state index is -0.143. The van der Waals surface area contributed by atoms with E-state index in [0.29, 0.717) is 17.3 Å². The van der Waals surface area contributed by atoms with Crippen LogP contribution in [-0.4, -0.2) is 14.8 Å². The molecule has 26 heavy (non-hydrogen) atoms. The quantitative estimate of drug-likeness (QED) is 0.514. The molecule has 0 bridgehead atoms. The lowest BCUT2D eigenvalue weighted by molar-refractivity contribution is 0.643. The number of benzene rings is 2. The molecular weight excluding hydrogens is 366 g/mol. The van der Waals surface area contributed by atoms with Crippen molar-refractivity contribution in [2.45, 2.75) is 6.54 Å². The lowest BCUT2D eigenvalue weighted by atomic mass is 10.1. The topological polar surface area (TPSA) is 47.8 Å². The van der Waals surface area contributed by atoms with E-state index in [9.17, 15) is 4.79 Å². The highest BCUT2D eigenvalue weighted by atomic mass is 35.5. The standard InChI is InChI=1S/C20H14ClN3OS/c21-17-6-2-4-15(12-17)18-7-8-19(25)24(23-18)13-14-3-1-5-16(11-14)20-22-9-10-26-20/h1-12H,13H2. The van der Waals surface area contributed by atoms with E-state index in [0.717, 1.165) is 21.7 Å². The highest BCUT2D eigenvalue weighted by Crippen LogP contribution is 2.23. The van der Waals surface area contributed by atoms with Crippen molar-refractivity contribution < 1.29 is 0 Å². The van der Waals surface area contributed by atoms with E-state index in [1.54, 1.807) is 23.6 Å². The predicted octanol–water partition coefficient (Wildman–Crippen LogP) is 4.74. The van der Waals surface area contributed by atoms with Crippen LogP contribution in [0.5, 0.6) is 0 Å². The fraction of sp³-hybridized carbons (Fsp3) is 0.0500. The first-order valence-corrected chi connectivity index (χ1v) is 9.28. The third-order valence-corrected chi connectivity index (χ3v) is 4.98. The first-order valence-electron chi connectivity index (χ1n) is 8.02. The molecule has 2 aromatic heterocycles. The zero-order valence-corrected chi connectivity index (χ0v) is 15.2. The van der Waals surface area contributed by atoms with Gasteiger partial charge in [0.05, 0.1) is 12.2 Å². The molecule has 0 saturated carbocycles. The van der Waals surface area contributed by atoms with Crippen LogP contribution in [-0.2, 0) is 6.54 Å². The summed E-state index contributed by atoms with van der Waals surface area (Å²) in [4.78, 5) is 16.6. The third kappa shape index (κ3) is 3.59. The van der Waals surface area contributed by atoms with Gasteiger partial charge in [0.25, 0.3) is 5.56 Å². The molecule has 4 aromatic rings. The Labute approximate surface area is 159 Å². The average Bonchev–Trinajstić information content (AvgIpc) is 3.19. The number of rotatable bonds is 4. The van der Waals surface area contributed by atoms with Crippen LogP contribution >= 0.6 is 22.9 Å². The Morgan fingerprint density at radius 3 is 2.65 bits per heavy atom. The van der Waals surface area contributed by atoms with Crippen molar-refractivity contribution in [2.75, 3.05) is 0 Å². The van der Waals surface area contributed by atoms with Gasteiger partial charge in [0.15, 0.2) is 0 Å². The zero-order chi connectivity index (χ0) is 17.9. The first kappa shape index (κ1) is 16.7. The molecular formula is C20H14ClN3OS. The van der Waals surface area contributed by atoms with Gasteiger partial charge in [-0.1, -0.05) is 41.9 Å². The van der Waals surface area contributed by atoms with Crippen LogP contribution in [0.2, 0.25) is 5.02 Å². The van der Waals surface area contributed by atoms with E-state index in [1.807, 2.05) is 53.9 Å². The molecule has 0 fully saturated rings. The van der Waals surface area contributed by atoms with Gasteiger partial charge in [-0.25, -0.2) is 9.67 Å². The van der Waals surface area contributed by atoms with Crippen molar-refractivity contribution in [3.8, 4) is 21.8 Å². The maximum Gasteiger partial charge on any atom is 0.267 e. The smallest absolute Gasteiger partial charge is 0.267 e. The molecule has 0 unspecified atom stereocenters. The Kier molecular flexibility index (Phi) is 4.65. The van der Waals surface area contributed by atoms with Gasteiger partial charge in [-0.05, 0) is 29.8 Å². The summed E-state index contributed by atoms with van der Waals surface area (Å²) in [5.74, 6) is 0. The number of thiazole rings is 1. The fourth-order valence-corrected chi connectivity index (χ4v) is 3.53. The van der Waals surface area contributed by atoms with Crippen LogP contribution in [0.25, 0.3) is 21.8 Å². The molecule has 0 amide bonds. The van der Waals surface area contributed by atoms with Gasteiger partial charge in [-0.15, -0.1) is 11.3 Å². The predicted molar refractivity (Wildman–Crippen MR) is 106 cm³/mol. The number of hydrogen-bond acceptors (Lipinski definition) is 4. The molecule has 4 rings (SSSR count). The van der Waals surface area contributed by atoms with E-state index >= 15 is 0 Å². The van der Waals surface area contributed by atoms with Gasteiger partial charge in [0.2, 0.25) is 0 Å². The number of hydrogen-bond donors (Lipinski definition) is 0. The summed E-state index contributed by atoms with van der Waals surface area (Å²) in [6.45, 7) is 0.395. The third-order valence-electron chi connectivity index (χ3n) is 3.93. The summed E-state index contributed by atoms with van der Waals surface area (Å²) in [5, 5.41) is 8.05. The van der Waals surface area contributed by atoms with Crippen LogP contribution in [0.1, 0.15) is 5.56 Å². The van der Waals surface area contributed by atoms with Crippen molar-refractivity contribution in [1.29, 1.82) is 0 Å². The van der Waals surface area contributed by atoms with E-state index in [4.69, 9.17) is 11.6 Å². The number of halogens is 1. The molecule has 0 N–H and O–H groups in total. The number of nitrogens with zero attached hydrogens (tertiary/aromatic N) is 3. The Hall–Kier alpha value is -2.76. The Morgan fingerprint density at radius 1 is 1.00 bits per heavy atom. The molecule has 6 heteroatoms. The maximum atomic E-state index is 12.3. The lowest BCUT2D eigenvalue weighted by Crippen LogP contribution is -2.22. The van der Waals surface area contributed by atoms with Crippen LogP contribution in [0.4, 0.5) is 0 Å². The fourth-order valence-electron chi connectivity index (χ4n) is 2.71. The molecule has 0 aliphatic heterocycles. The van der Waals surface area contributed by atoms with Gasteiger partial charge in [-0.2, -0.15) is 5.10 Å². The van der Waals surface area contributed by atoms with E-state index in [1.165, 1.54) is 10.7 Å². The molecule has 0 spiro atoms. The summed E-state index contributed by atoms with van der Waals surface area (Å²) in [6.07, 6.45) is 1.78. The summed E-state index contributed by atoms with van der Waals surface area (Å²) < 4.78 is 1.47. The average molecular weight is 380 g/mol. The normalized spacial score (nSPS) is 10.8. The molecule has 0 saturated heterocycles. The molecule has 4 nitrogen and oxygen atoms in total. The van der Waals surface area contributed by atoms with Gasteiger partial charge in [0.1, 0.15) is 5.01 Å². The first-order chi connectivity index (χ1) is 12.7. The molecule has 0 radical (unpaired) electrons. The molecule has 0 aliphatic rings. The van der Waals surface area contributed by atoms with Gasteiger partial charge < -0.3 is 0 Å².